The van der Waals surface area contributed by atoms with Gasteiger partial charge in [-0.25, -0.2) is 13.4 Å². The van der Waals surface area contributed by atoms with Crippen molar-refractivity contribution in [3.8, 4) is 0 Å². The lowest BCUT2D eigenvalue weighted by atomic mass is 10.3. The minimum atomic E-state index is -4.03. The molecular weight excluding hydrogens is 308 g/mol. The molecule has 0 saturated carbocycles. The molecule has 2 aromatic heterocycles. The lowest BCUT2D eigenvalue weighted by Crippen LogP contribution is -2.15. The number of H-pyrrole nitrogens is 1. The molecule has 0 radical (unpaired) electrons. The van der Waals surface area contributed by atoms with Crippen LogP contribution >= 0.6 is 11.3 Å². The van der Waals surface area contributed by atoms with Gasteiger partial charge in [0.2, 0.25) is 0 Å². The van der Waals surface area contributed by atoms with E-state index >= 15 is 0 Å². The SMILES string of the molecule is O=S(=O)([O-])CCCCNCc1ccsc1.c1cc[nH+]cc1. The normalized spacial score (nSPS) is 10.7. The fraction of sp³-hybridized carbons (Fsp3) is 0.357. The van der Waals surface area contributed by atoms with E-state index in [4.69, 9.17) is 0 Å². The first kappa shape index (κ1) is 17.8. The van der Waals surface area contributed by atoms with E-state index in [9.17, 15) is 13.0 Å². The molecule has 5 nitrogen and oxygen atoms in total. The maximum Gasteiger partial charge on any atom is 0.166 e. The summed E-state index contributed by atoms with van der Waals surface area (Å²) in [5.74, 6) is -0.257. The molecule has 7 heteroatoms. The second-order valence-electron chi connectivity index (χ2n) is 4.35. The molecule has 2 aromatic rings. The van der Waals surface area contributed by atoms with Crippen LogP contribution in [0.1, 0.15) is 18.4 Å². The number of pyridine rings is 1. The van der Waals surface area contributed by atoms with E-state index in [1.165, 1.54) is 5.56 Å². The Morgan fingerprint density at radius 2 is 1.95 bits per heavy atom. The van der Waals surface area contributed by atoms with E-state index in [1.807, 2.05) is 42.0 Å². The zero-order valence-corrected chi connectivity index (χ0v) is 13.3. The van der Waals surface area contributed by atoms with Crippen molar-refractivity contribution >= 4 is 21.5 Å². The van der Waals surface area contributed by atoms with Crippen molar-refractivity contribution in [3.63, 3.8) is 0 Å². The summed E-state index contributed by atoms with van der Waals surface area (Å²) in [6.07, 6.45) is 4.90. The van der Waals surface area contributed by atoms with Crippen LogP contribution in [0.3, 0.4) is 0 Å². The molecule has 2 N–H and O–H groups in total. The standard InChI is InChI=1S/C9H15NO3S2.C5H5N/c11-15(12,13)6-2-1-4-10-7-9-3-5-14-8-9;1-2-4-6-5-3-1/h3,5,8,10H,1-2,4,6-7H2,(H,11,12,13);1-5H. The molecule has 0 aliphatic rings. The smallest absolute Gasteiger partial charge is 0.166 e. The van der Waals surface area contributed by atoms with Crippen LogP contribution in [0.2, 0.25) is 0 Å². The predicted octanol–water partition coefficient (Wildman–Crippen LogP) is 1.66. The van der Waals surface area contributed by atoms with Crippen LogP contribution < -0.4 is 10.3 Å². The fourth-order valence-electron chi connectivity index (χ4n) is 1.50. The van der Waals surface area contributed by atoms with Gasteiger partial charge in [0, 0.05) is 24.4 Å². The third-order valence-electron chi connectivity index (χ3n) is 2.51. The van der Waals surface area contributed by atoms with Crippen LogP contribution in [0.5, 0.6) is 0 Å². The predicted molar refractivity (Wildman–Crippen MR) is 82.8 cm³/mol. The zero-order chi connectivity index (χ0) is 15.4. The fourth-order valence-corrected chi connectivity index (χ4v) is 2.72. The Kier molecular flexibility index (Phi) is 8.84. The number of thiophene rings is 1. The average Bonchev–Trinajstić information content (AvgIpc) is 2.97. The van der Waals surface area contributed by atoms with Gasteiger partial charge in [-0.1, -0.05) is 6.07 Å². The van der Waals surface area contributed by atoms with Crippen molar-refractivity contribution in [1.82, 2.24) is 5.32 Å². The monoisotopic (exact) mass is 328 g/mol. The summed E-state index contributed by atoms with van der Waals surface area (Å²) >= 11 is 1.65. The highest BCUT2D eigenvalue weighted by atomic mass is 32.2. The van der Waals surface area contributed by atoms with Crippen LogP contribution in [0, 0.1) is 0 Å². The van der Waals surface area contributed by atoms with Gasteiger partial charge in [0.15, 0.2) is 12.4 Å². The van der Waals surface area contributed by atoms with Crippen molar-refractivity contribution < 1.29 is 18.0 Å². The molecule has 2 rings (SSSR count). The van der Waals surface area contributed by atoms with Crippen LogP contribution in [-0.2, 0) is 16.7 Å². The van der Waals surface area contributed by atoms with Gasteiger partial charge in [0.05, 0.1) is 10.1 Å². The van der Waals surface area contributed by atoms with E-state index in [-0.39, 0.29) is 5.75 Å². The van der Waals surface area contributed by atoms with Crippen LogP contribution in [0.25, 0.3) is 0 Å². The van der Waals surface area contributed by atoms with E-state index < -0.39 is 10.1 Å². The van der Waals surface area contributed by atoms with Crippen LogP contribution in [-0.4, -0.2) is 25.3 Å². The maximum absolute atomic E-state index is 10.3. The number of rotatable bonds is 7. The summed E-state index contributed by atoms with van der Waals surface area (Å²) in [6.45, 7) is 1.54. The third-order valence-corrected chi connectivity index (χ3v) is 4.03. The molecule has 0 aliphatic heterocycles. The lowest BCUT2D eigenvalue weighted by Gasteiger charge is -2.06. The molecule has 0 bridgehead atoms. The summed E-state index contributed by atoms with van der Waals surface area (Å²) in [6, 6.07) is 7.90. The molecule has 2 heterocycles. The first-order valence-electron chi connectivity index (χ1n) is 6.64. The lowest BCUT2D eigenvalue weighted by molar-refractivity contribution is -0.377. The quantitative estimate of drug-likeness (QED) is 0.619. The number of nitrogens with one attached hydrogen (secondary N) is 2. The summed E-state index contributed by atoms with van der Waals surface area (Å²) in [7, 11) is -4.03. The van der Waals surface area contributed by atoms with E-state index in [0.717, 1.165) is 13.1 Å². The number of hydrogen-bond acceptors (Lipinski definition) is 5. The van der Waals surface area contributed by atoms with Gasteiger partial charge in [0.1, 0.15) is 0 Å². The number of unbranched alkanes of at least 4 members (excludes halogenated alkanes) is 1. The molecule has 21 heavy (non-hydrogen) atoms. The van der Waals surface area contributed by atoms with Gasteiger partial charge in [-0.15, -0.1) is 0 Å². The van der Waals surface area contributed by atoms with Gasteiger partial charge in [-0.05, 0) is 41.8 Å². The summed E-state index contributed by atoms with van der Waals surface area (Å²) in [5, 5.41) is 7.26. The molecule has 0 saturated heterocycles. The minimum absolute atomic E-state index is 0.257. The number of hydrogen-bond donors (Lipinski definition) is 1. The van der Waals surface area contributed by atoms with Gasteiger partial charge in [0.25, 0.3) is 0 Å². The first-order valence-corrected chi connectivity index (χ1v) is 9.16. The molecule has 0 spiro atoms. The van der Waals surface area contributed by atoms with Gasteiger partial charge in [-0.3, -0.25) is 0 Å². The Balaban J connectivity index is 0.000000304. The second kappa shape index (κ2) is 10.4. The third kappa shape index (κ3) is 11.1. The first-order chi connectivity index (χ1) is 10.1. The molecule has 0 unspecified atom stereocenters. The van der Waals surface area contributed by atoms with Crippen LogP contribution in [0.15, 0.2) is 47.4 Å². The van der Waals surface area contributed by atoms with E-state index in [1.54, 1.807) is 11.3 Å². The Hall–Kier alpha value is -1.28. The Bertz CT molecular complexity index is 530. The Morgan fingerprint density at radius 1 is 1.19 bits per heavy atom. The highest BCUT2D eigenvalue weighted by Crippen LogP contribution is 2.04. The second-order valence-corrected chi connectivity index (χ2v) is 6.66. The molecule has 0 atom stereocenters. The largest absolute Gasteiger partial charge is 0.748 e. The van der Waals surface area contributed by atoms with Gasteiger partial charge >= 0.3 is 0 Å². The molecule has 0 fully saturated rings. The molecule has 0 amide bonds. The van der Waals surface area contributed by atoms with Crippen molar-refractivity contribution in [2.24, 2.45) is 0 Å². The Labute approximate surface area is 129 Å². The van der Waals surface area contributed by atoms with Crippen molar-refractivity contribution in [3.05, 3.63) is 53.0 Å². The van der Waals surface area contributed by atoms with Crippen molar-refractivity contribution in [2.45, 2.75) is 19.4 Å². The summed E-state index contributed by atoms with van der Waals surface area (Å²) in [4.78, 5) is 2.89. The molecule has 0 aliphatic carbocycles. The van der Waals surface area contributed by atoms with Crippen molar-refractivity contribution in [2.75, 3.05) is 12.3 Å². The topological polar surface area (TPSA) is 83.4 Å². The van der Waals surface area contributed by atoms with E-state index in [0.29, 0.717) is 12.8 Å². The number of aromatic nitrogens is 1. The van der Waals surface area contributed by atoms with Gasteiger partial charge < -0.3 is 9.87 Å². The Morgan fingerprint density at radius 3 is 2.43 bits per heavy atom. The van der Waals surface area contributed by atoms with Crippen LogP contribution in [0.4, 0.5) is 0 Å². The zero-order valence-electron chi connectivity index (χ0n) is 11.7. The molecule has 116 valence electrons. The van der Waals surface area contributed by atoms with Crippen molar-refractivity contribution in [1.29, 1.82) is 0 Å². The maximum atomic E-state index is 10.3. The highest BCUT2D eigenvalue weighted by molar-refractivity contribution is 7.85. The summed E-state index contributed by atoms with van der Waals surface area (Å²) < 4.78 is 30.8. The summed E-state index contributed by atoms with van der Waals surface area (Å²) in [5.41, 5.74) is 1.23. The number of aromatic amines is 1. The van der Waals surface area contributed by atoms with Gasteiger partial charge in [-0.2, -0.15) is 11.3 Å². The minimum Gasteiger partial charge on any atom is -0.748 e. The molecule has 0 aromatic carbocycles. The molecular formula is C14H20N2O3S2. The highest BCUT2D eigenvalue weighted by Gasteiger charge is 1.96. The average molecular weight is 328 g/mol. The van der Waals surface area contributed by atoms with E-state index in [2.05, 4.69) is 15.7 Å².